The van der Waals surface area contributed by atoms with Gasteiger partial charge in [0, 0.05) is 25.0 Å². The monoisotopic (exact) mass is 283 g/mol. The van der Waals surface area contributed by atoms with Crippen LogP contribution in [0.5, 0.6) is 0 Å². The van der Waals surface area contributed by atoms with Crippen LogP contribution in [0.4, 0.5) is 0 Å². The van der Waals surface area contributed by atoms with Gasteiger partial charge in [0.1, 0.15) is 6.04 Å². The molecule has 1 aliphatic carbocycles. The second-order valence-corrected chi connectivity index (χ2v) is 5.70. The van der Waals surface area contributed by atoms with Crippen LogP contribution in [0.15, 0.2) is 6.07 Å². The normalized spacial score (nSPS) is 15.0. The van der Waals surface area contributed by atoms with Crippen molar-refractivity contribution in [1.29, 1.82) is 0 Å². The van der Waals surface area contributed by atoms with Crippen LogP contribution in [0.2, 0.25) is 0 Å². The number of carboxylic acids is 1. The summed E-state index contributed by atoms with van der Waals surface area (Å²) in [5.74, 6) is -1.34. The number of fused-ring (bicyclic) bond motifs is 1. The zero-order valence-corrected chi connectivity index (χ0v) is 11.6. The third kappa shape index (κ3) is 3.33. The van der Waals surface area contributed by atoms with Gasteiger partial charge in [-0.3, -0.25) is 4.79 Å². The summed E-state index contributed by atoms with van der Waals surface area (Å²) < 4.78 is 4.85. The number of thiophene rings is 1. The molecule has 104 valence electrons. The zero-order valence-electron chi connectivity index (χ0n) is 10.8. The Morgan fingerprint density at radius 3 is 2.95 bits per heavy atom. The molecule has 1 unspecified atom stereocenters. The van der Waals surface area contributed by atoms with E-state index in [0.29, 0.717) is 11.5 Å². The maximum Gasteiger partial charge on any atom is 0.326 e. The highest BCUT2D eigenvalue weighted by atomic mass is 32.1. The summed E-state index contributed by atoms with van der Waals surface area (Å²) in [6.45, 7) is 0.304. The first-order valence-corrected chi connectivity index (χ1v) is 7.07. The van der Waals surface area contributed by atoms with Crippen molar-refractivity contribution in [3.05, 3.63) is 21.4 Å². The van der Waals surface area contributed by atoms with Crippen molar-refractivity contribution >= 4 is 23.2 Å². The summed E-state index contributed by atoms with van der Waals surface area (Å²) in [5.41, 5.74) is 1.24. The first-order chi connectivity index (χ1) is 9.11. The molecule has 1 aliphatic rings. The third-order valence-electron chi connectivity index (χ3n) is 3.18. The van der Waals surface area contributed by atoms with E-state index in [9.17, 15) is 9.59 Å². The van der Waals surface area contributed by atoms with E-state index in [4.69, 9.17) is 9.84 Å². The number of nitrogens with one attached hydrogen (secondary N) is 1. The van der Waals surface area contributed by atoms with Crippen molar-refractivity contribution in [2.45, 2.75) is 31.7 Å². The van der Waals surface area contributed by atoms with Gasteiger partial charge >= 0.3 is 5.97 Å². The van der Waals surface area contributed by atoms with E-state index in [0.717, 1.165) is 19.3 Å². The summed E-state index contributed by atoms with van der Waals surface area (Å²) in [6.07, 6.45) is 3.46. The van der Waals surface area contributed by atoms with Crippen molar-refractivity contribution in [2.75, 3.05) is 13.7 Å². The van der Waals surface area contributed by atoms with Crippen LogP contribution in [-0.2, 0) is 22.4 Å². The molecule has 1 amide bonds. The number of aliphatic carboxylic acids is 1. The second-order valence-electron chi connectivity index (χ2n) is 4.56. The van der Waals surface area contributed by atoms with E-state index in [1.54, 1.807) is 0 Å². The van der Waals surface area contributed by atoms with E-state index in [1.807, 2.05) is 6.07 Å². The van der Waals surface area contributed by atoms with Gasteiger partial charge in [0.15, 0.2) is 0 Å². The second kappa shape index (κ2) is 6.16. The molecule has 0 aromatic carbocycles. The molecule has 0 saturated heterocycles. The van der Waals surface area contributed by atoms with E-state index in [-0.39, 0.29) is 12.3 Å². The fourth-order valence-corrected chi connectivity index (χ4v) is 3.32. The number of carbonyl (C=O) groups excluding carboxylic acids is 1. The van der Waals surface area contributed by atoms with Gasteiger partial charge < -0.3 is 15.2 Å². The third-order valence-corrected chi connectivity index (χ3v) is 4.42. The van der Waals surface area contributed by atoms with Crippen LogP contribution < -0.4 is 5.32 Å². The van der Waals surface area contributed by atoms with Gasteiger partial charge in [0.2, 0.25) is 0 Å². The maximum absolute atomic E-state index is 12.0. The van der Waals surface area contributed by atoms with Crippen molar-refractivity contribution in [3.63, 3.8) is 0 Å². The number of amides is 1. The van der Waals surface area contributed by atoms with Crippen LogP contribution in [0.3, 0.4) is 0 Å². The molecular weight excluding hydrogens is 266 g/mol. The van der Waals surface area contributed by atoms with E-state index >= 15 is 0 Å². The van der Waals surface area contributed by atoms with Crippen molar-refractivity contribution in [1.82, 2.24) is 5.32 Å². The highest BCUT2D eigenvalue weighted by molar-refractivity contribution is 7.14. The first-order valence-electron chi connectivity index (χ1n) is 6.26. The Morgan fingerprint density at radius 2 is 2.32 bits per heavy atom. The van der Waals surface area contributed by atoms with E-state index in [1.165, 1.54) is 28.9 Å². The van der Waals surface area contributed by atoms with Gasteiger partial charge in [-0.2, -0.15) is 0 Å². The molecule has 19 heavy (non-hydrogen) atoms. The summed E-state index contributed by atoms with van der Waals surface area (Å²) in [6, 6.07) is 0.988. The SMILES string of the molecule is COCCC(NC(=O)c1cc2c(s1)CCC2)C(=O)O. The van der Waals surface area contributed by atoms with Gasteiger partial charge in [-0.25, -0.2) is 4.79 Å². The molecule has 0 fully saturated rings. The molecule has 1 atom stereocenters. The van der Waals surface area contributed by atoms with E-state index in [2.05, 4.69) is 5.32 Å². The Balaban J connectivity index is 1.99. The fraction of sp³-hybridized carbons (Fsp3) is 0.538. The number of ether oxygens (including phenoxy) is 1. The maximum atomic E-state index is 12.0. The lowest BCUT2D eigenvalue weighted by Gasteiger charge is -2.13. The highest BCUT2D eigenvalue weighted by Crippen LogP contribution is 2.30. The number of methoxy groups -OCH3 is 1. The number of hydrogen-bond acceptors (Lipinski definition) is 4. The van der Waals surface area contributed by atoms with Crippen LogP contribution >= 0.6 is 11.3 Å². The summed E-state index contributed by atoms with van der Waals surface area (Å²) in [5, 5.41) is 11.6. The highest BCUT2D eigenvalue weighted by Gasteiger charge is 2.23. The Labute approximate surface area is 115 Å². The predicted octanol–water partition coefficient (Wildman–Crippen LogP) is 1.46. The van der Waals surface area contributed by atoms with Gasteiger partial charge in [0.05, 0.1) is 4.88 Å². The standard InChI is InChI=1S/C13H17NO4S/c1-18-6-5-9(13(16)17)14-12(15)11-7-8-3-2-4-10(8)19-11/h7,9H,2-6H2,1H3,(H,14,15)(H,16,17). The van der Waals surface area contributed by atoms with Crippen LogP contribution in [0, 0.1) is 0 Å². The predicted molar refractivity (Wildman–Crippen MR) is 71.7 cm³/mol. The molecule has 1 aromatic rings. The number of carboxylic acid groups (broad SMARTS) is 1. The molecule has 0 bridgehead atoms. The Morgan fingerprint density at radius 1 is 1.53 bits per heavy atom. The van der Waals surface area contributed by atoms with Gasteiger partial charge in [0.25, 0.3) is 5.91 Å². The minimum atomic E-state index is -1.03. The molecule has 1 aromatic heterocycles. The molecular formula is C13H17NO4S. The van der Waals surface area contributed by atoms with E-state index < -0.39 is 12.0 Å². The average Bonchev–Trinajstić information content (AvgIpc) is 2.94. The lowest BCUT2D eigenvalue weighted by molar-refractivity contribution is -0.139. The lowest BCUT2D eigenvalue weighted by Crippen LogP contribution is -2.41. The molecule has 0 radical (unpaired) electrons. The minimum Gasteiger partial charge on any atom is -0.480 e. The number of rotatable bonds is 6. The van der Waals surface area contributed by atoms with Gasteiger partial charge in [-0.05, 0) is 30.9 Å². The van der Waals surface area contributed by atoms with Gasteiger partial charge in [-0.15, -0.1) is 11.3 Å². The fourth-order valence-electron chi connectivity index (χ4n) is 2.16. The minimum absolute atomic E-state index is 0.267. The lowest BCUT2D eigenvalue weighted by atomic mass is 10.2. The zero-order chi connectivity index (χ0) is 13.8. The molecule has 2 N–H and O–H groups in total. The summed E-state index contributed by atoms with van der Waals surface area (Å²) in [7, 11) is 1.50. The van der Waals surface area contributed by atoms with Crippen molar-refractivity contribution in [2.24, 2.45) is 0 Å². The number of carbonyl (C=O) groups is 2. The topological polar surface area (TPSA) is 75.6 Å². The molecule has 1 heterocycles. The molecule has 0 spiro atoms. The Kier molecular flexibility index (Phi) is 4.55. The van der Waals surface area contributed by atoms with Crippen LogP contribution in [-0.4, -0.2) is 36.7 Å². The quantitative estimate of drug-likeness (QED) is 0.828. The largest absolute Gasteiger partial charge is 0.480 e. The molecule has 6 heteroatoms. The van der Waals surface area contributed by atoms with Crippen LogP contribution in [0.1, 0.15) is 33.0 Å². The molecule has 0 aliphatic heterocycles. The van der Waals surface area contributed by atoms with Crippen LogP contribution in [0.25, 0.3) is 0 Å². The molecule has 0 saturated carbocycles. The number of aryl methyl sites for hydroxylation is 2. The Hall–Kier alpha value is -1.40. The van der Waals surface area contributed by atoms with Crippen molar-refractivity contribution in [3.8, 4) is 0 Å². The molecule has 5 nitrogen and oxygen atoms in total. The summed E-state index contributed by atoms with van der Waals surface area (Å²) >= 11 is 1.47. The number of hydrogen-bond donors (Lipinski definition) is 2. The smallest absolute Gasteiger partial charge is 0.326 e. The first kappa shape index (κ1) is 14.0. The summed E-state index contributed by atoms with van der Waals surface area (Å²) in [4.78, 5) is 24.9. The molecule has 2 rings (SSSR count). The van der Waals surface area contributed by atoms with Crippen molar-refractivity contribution < 1.29 is 19.4 Å². The Bertz CT molecular complexity index is 461. The average molecular weight is 283 g/mol. The van der Waals surface area contributed by atoms with Gasteiger partial charge in [-0.1, -0.05) is 0 Å².